The molecule has 5 nitrogen and oxygen atoms in total. The number of halogens is 1. The highest BCUT2D eigenvalue weighted by Gasteiger charge is 2.16. The lowest BCUT2D eigenvalue weighted by atomic mass is 10.1. The van der Waals surface area contributed by atoms with Crippen LogP contribution in [0.4, 0.5) is 5.69 Å². The van der Waals surface area contributed by atoms with Crippen LogP contribution in [0.5, 0.6) is 0 Å². The molecule has 2 N–H and O–H groups in total. The van der Waals surface area contributed by atoms with Gasteiger partial charge in [0.25, 0.3) is 0 Å². The summed E-state index contributed by atoms with van der Waals surface area (Å²) in [5.41, 5.74) is 0.577. The van der Waals surface area contributed by atoms with E-state index in [1.165, 1.54) is 6.42 Å². The molecule has 0 atom stereocenters. The molecular weight excluding hydrogens is 290 g/mol. The number of rotatable bonds is 5. The Kier molecular flexibility index (Phi) is 6.02. The number of hydrogen-bond acceptors (Lipinski definition) is 3. The molecule has 0 unspecified atom stereocenters. The van der Waals surface area contributed by atoms with Gasteiger partial charge in [-0.25, -0.2) is 0 Å². The maximum atomic E-state index is 11.9. The highest BCUT2D eigenvalue weighted by atomic mass is 35.5. The van der Waals surface area contributed by atoms with E-state index in [9.17, 15) is 9.59 Å². The van der Waals surface area contributed by atoms with Crippen molar-refractivity contribution >= 4 is 29.1 Å². The lowest BCUT2D eigenvalue weighted by Gasteiger charge is -2.26. The molecule has 0 radical (unpaired) electrons. The van der Waals surface area contributed by atoms with Crippen molar-refractivity contribution in [1.29, 1.82) is 0 Å². The zero-order chi connectivity index (χ0) is 15.1. The van der Waals surface area contributed by atoms with Crippen molar-refractivity contribution in [3.63, 3.8) is 0 Å². The third kappa shape index (κ3) is 5.02. The fourth-order valence-electron chi connectivity index (χ4n) is 2.30. The molecule has 0 aliphatic carbocycles. The Morgan fingerprint density at radius 1 is 1.10 bits per heavy atom. The maximum Gasteiger partial charge on any atom is 0.238 e. The van der Waals surface area contributed by atoms with E-state index in [-0.39, 0.29) is 24.9 Å². The van der Waals surface area contributed by atoms with Crippen LogP contribution in [0.15, 0.2) is 24.3 Å². The summed E-state index contributed by atoms with van der Waals surface area (Å²) in [6, 6.07) is 7.05. The normalized spacial score (nSPS) is 14.8. The van der Waals surface area contributed by atoms with E-state index in [0.29, 0.717) is 10.7 Å². The Morgan fingerprint density at radius 2 is 1.81 bits per heavy atom. The standard InChI is InChI=1S/C15H20ClN3O2/c16-12-6-2-3-7-13(12)18-14(20)10-17-11-15(21)19-8-4-1-5-9-19/h2-3,6-7,17H,1,4-5,8-11H2,(H,18,20). The van der Waals surface area contributed by atoms with Gasteiger partial charge in [-0.1, -0.05) is 23.7 Å². The van der Waals surface area contributed by atoms with Crippen molar-refractivity contribution in [2.24, 2.45) is 0 Å². The number of likely N-dealkylation sites (tertiary alicyclic amines) is 1. The molecule has 1 saturated heterocycles. The summed E-state index contributed by atoms with van der Waals surface area (Å²) in [7, 11) is 0. The van der Waals surface area contributed by atoms with E-state index in [4.69, 9.17) is 11.6 Å². The van der Waals surface area contributed by atoms with Crippen LogP contribution in [0.3, 0.4) is 0 Å². The summed E-state index contributed by atoms with van der Waals surface area (Å²) in [5.74, 6) is -0.158. The molecule has 2 rings (SSSR count). The second-order valence-corrected chi connectivity index (χ2v) is 5.48. The van der Waals surface area contributed by atoms with Gasteiger partial charge in [-0.2, -0.15) is 0 Å². The molecule has 1 heterocycles. The minimum Gasteiger partial charge on any atom is -0.342 e. The molecule has 21 heavy (non-hydrogen) atoms. The number of piperidine rings is 1. The van der Waals surface area contributed by atoms with Crippen LogP contribution in [0.1, 0.15) is 19.3 Å². The average molecular weight is 310 g/mol. The van der Waals surface area contributed by atoms with Crippen LogP contribution in [0, 0.1) is 0 Å². The van der Waals surface area contributed by atoms with E-state index < -0.39 is 0 Å². The van der Waals surface area contributed by atoms with E-state index in [1.807, 2.05) is 4.90 Å². The van der Waals surface area contributed by atoms with E-state index >= 15 is 0 Å². The maximum absolute atomic E-state index is 11.9. The molecular formula is C15H20ClN3O2. The summed E-state index contributed by atoms with van der Waals surface area (Å²) < 4.78 is 0. The van der Waals surface area contributed by atoms with Gasteiger partial charge in [0.2, 0.25) is 11.8 Å². The van der Waals surface area contributed by atoms with Crippen molar-refractivity contribution in [2.75, 3.05) is 31.5 Å². The SMILES string of the molecule is O=C(CNCC(=O)N1CCCCC1)Nc1ccccc1Cl. The fraction of sp³-hybridized carbons (Fsp3) is 0.467. The van der Waals surface area contributed by atoms with Crippen molar-refractivity contribution in [1.82, 2.24) is 10.2 Å². The smallest absolute Gasteiger partial charge is 0.238 e. The van der Waals surface area contributed by atoms with E-state index in [0.717, 1.165) is 25.9 Å². The highest BCUT2D eigenvalue weighted by Crippen LogP contribution is 2.19. The summed E-state index contributed by atoms with van der Waals surface area (Å²) in [6.45, 7) is 1.93. The van der Waals surface area contributed by atoms with Crippen LogP contribution in [0.25, 0.3) is 0 Å². The number of benzene rings is 1. The zero-order valence-corrected chi connectivity index (χ0v) is 12.7. The largest absolute Gasteiger partial charge is 0.342 e. The third-order valence-corrected chi connectivity index (χ3v) is 3.75. The quantitative estimate of drug-likeness (QED) is 0.873. The monoisotopic (exact) mass is 309 g/mol. The predicted molar refractivity (Wildman–Crippen MR) is 83.4 cm³/mol. The number of carbonyl (C=O) groups excluding carboxylic acids is 2. The molecule has 0 saturated carbocycles. The van der Waals surface area contributed by atoms with Crippen molar-refractivity contribution in [2.45, 2.75) is 19.3 Å². The lowest BCUT2D eigenvalue weighted by Crippen LogP contribution is -2.42. The van der Waals surface area contributed by atoms with Gasteiger partial charge in [-0.05, 0) is 31.4 Å². The molecule has 0 spiro atoms. The lowest BCUT2D eigenvalue weighted by molar-refractivity contribution is -0.131. The Bertz CT molecular complexity index is 501. The number of hydrogen-bond donors (Lipinski definition) is 2. The summed E-state index contributed by atoms with van der Waals surface area (Å²) in [6.07, 6.45) is 3.33. The predicted octanol–water partition coefficient (Wildman–Crippen LogP) is 1.88. The number of nitrogens with zero attached hydrogens (tertiary/aromatic N) is 1. The Hall–Kier alpha value is -1.59. The van der Waals surface area contributed by atoms with Crippen molar-refractivity contribution in [3.05, 3.63) is 29.3 Å². The van der Waals surface area contributed by atoms with Crippen LogP contribution in [-0.4, -0.2) is 42.9 Å². The molecule has 2 amide bonds. The van der Waals surface area contributed by atoms with Gasteiger partial charge in [0, 0.05) is 13.1 Å². The topological polar surface area (TPSA) is 61.4 Å². The number of nitrogens with one attached hydrogen (secondary N) is 2. The van der Waals surface area contributed by atoms with Gasteiger partial charge in [0.15, 0.2) is 0 Å². The van der Waals surface area contributed by atoms with Gasteiger partial charge in [0.1, 0.15) is 0 Å². The Labute approximate surface area is 129 Å². The molecule has 1 aromatic rings. The number of carbonyl (C=O) groups is 2. The van der Waals surface area contributed by atoms with Crippen LogP contribution in [0.2, 0.25) is 5.02 Å². The van der Waals surface area contributed by atoms with Crippen LogP contribution < -0.4 is 10.6 Å². The van der Waals surface area contributed by atoms with E-state index in [2.05, 4.69) is 10.6 Å². The van der Waals surface area contributed by atoms with Gasteiger partial charge in [-0.15, -0.1) is 0 Å². The summed E-state index contributed by atoms with van der Waals surface area (Å²) >= 11 is 5.96. The summed E-state index contributed by atoms with van der Waals surface area (Å²) in [5, 5.41) is 6.08. The first kappa shape index (κ1) is 15.8. The first-order valence-electron chi connectivity index (χ1n) is 7.19. The Morgan fingerprint density at radius 3 is 2.52 bits per heavy atom. The van der Waals surface area contributed by atoms with Gasteiger partial charge < -0.3 is 10.2 Å². The second kappa shape index (κ2) is 8.00. The molecule has 6 heteroatoms. The molecule has 0 aromatic heterocycles. The summed E-state index contributed by atoms with van der Waals surface area (Å²) in [4.78, 5) is 25.5. The third-order valence-electron chi connectivity index (χ3n) is 3.42. The molecule has 114 valence electrons. The Balaban J connectivity index is 1.69. The second-order valence-electron chi connectivity index (χ2n) is 5.07. The first-order valence-corrected chi connectivity index (χ1v) is 7.57. The highest BCUT2D eigenvalue weighted by molar-refractivity contribution is 6.33. The van der Waals surface area contributed by atoms with Gasteiger partial charge in [-0.3, -0.25) is 14.9 Å². The number of amides is 2. The zero-order valence-electron chi connectivity index (χ0n) is 11.9. The molecule has 0 bridgehead atoms. The molecule has 1 aliphatic rings. The number of anilines is 1. The van der Waals surface area contributed by atoms with E-state index in [1.54, 1.807) is 24.3 Å². The van der Waals surface area contributed by atoms with Crippen LogP contribution >= 0.6 is 11.6 Å². The molecule has 1 aliphatic heterocycles. The minimum absolute atomic E-state index is 0.0558. The molecule has 1 fully saturated rings. The van der Waals surface area contributed by atoms with Crippen molar-refractivity contribution in [3.8, 4) is 0 Å². The minimum atomic E-state index is -0.213. The van der Waals surface area contributed by atoms with Crippen molar-refractivity contribution < 1.29 is 9.59 Å². The number of para-hydroxylation sites is 1. The first-order chi connectivity index (χ1) is 10.2. The van der Waals surface area contributed by atoms with Crippen LogP contribution in [-0.2, 0) is 9.59 Å². The fourth-order valence-corrected chi connectivity index (χ4v) is 2.48. The molecule has 1 aromatic carbocycles. The van der Waals surface area contributed by atoms with Gasteiger partial charge in [0.05, 0.1) is 23.8 Å². The average Bonchev–Trinajstić information content (AvgIpc) is 2.50. The van der Waals surface area contributed by atoms with Gasteiger partial charge >= 0.3 is 0 Å².